The molecule has 110 valence electrons. The highest BCUT2D eigenvalue weighted by Crippen LogP contribution is 2.29. The van der Waals surface area contributed by atoms with Crippen molar-refractivity contribution >= 4 is 44.6 Å². The Morgan fingerprint density at radius 2 is 1.90 bits per heavy atom. The van der Waals surface area contributed by atoms with Crippen LogP contribution in [0.3, 0.4) is 0 Å². The van der Waals surface area contributed by atoms with Crippen molar-refractivity contribution in [2.45, 2.75) is 6.42 Å². The molecule has 2 N–H and O–H groups in total. The van der Waals surface area contributed by atoms with Crippen molar-refractivity contribution in [3.8, 4) is 0 Å². The van der Waals surface area contributed by atoms with Crippen molar-refractivity contribution < 1.29 is 13.2 Å². The lowest BCUT2D eigenvalue weighted by Gasteiger charge is -2.20. The summed E-state index contributed by atoms with van der Waals surface area (Å²) in [5.74, 6) is -0.282. The van der Waals surface area contributed by atoms with Crippen LogP contribution in [0.2, 0.25) is 10.0 Å². The first-order valence-electron chi connectivity index (χ1n) is 6.04. The first kappa shape index (κ1) is 15.4. The minimum Gasteiger partial charge on any atom is -0.399 e. The molecule has 1 aromatic rings. The number of halogens is 2. The Labute approximate surface area is 127 Å². The lowest BCUT2D eigenvalue weighted by molar-refractivity contribution is 0.0768. The van der Waals surface area contributed by atoms with E-state index < -0.39 is 9.84 Å². The zero-order valence-corrected chi connectivity index (χ0v) is 12.9. The minimum absolute atomic E-state index is 0.0353. The van der Waals surface area contributed by atoms with Gasteiger partial charge in [-0.3, -0.25) is 4.79 Å². The summed E-state index contributed by atoms with van der Waals surface area (Å²) < 4.78 is 23.1. The Bertz CT molecular complexity index is 646. The van der Waals surface area contributed by atoms with Gasteiger partial charge in [0.2, 0.25) is 0 Å². The molecule has 8 heteroatoms. The number of nitrogens with zero attached hydrogens (tertiary/aromatic N) is 1. The van der Waals surface area contributed by atoms with Gasteiger partial charge < -0.3 is 10.6 Å². The maximum atomic E-state index is 12.4. The number of benzene rings is 1. The van der Waals surface area contributed by atoms with Crippen molar-refractivity contribution in [1.29, 1.82) is 0 Å². The van der Waals surface area contributed by atoms with E-state index in [0.717, 1.165) is 0 Å². The van der Waals surface area contributed by atoms with Gasteiger partial charge in [0.25, 0.3) is 5.91 Å². The van der Waals surface area contributed by atoms with Gasteiger partial charge in [-0.15, -0.1) is 0 Å². The average molecular weight is 337 g/mol. The molecule has 0 atom stereocenters. The van der Waals surface area contributed by atoms with E-state index in [-0.39, 0.29) is 39.6 Å². The Hall–Kier alpha value is -0.980. The van der Waals surface area contributed by atoms with Gasteiger partial charge >= 0.3 is 0 Å². The summed E-state index contributed by atoms with van der Waals surface area (Å²) in [5.41, 5.74) is 6.20. The summed E-state index contributed by atoms with van der Waals surface area (Å²) in [6.45, 7) is 0.532. The molecule has 1 aliphatic rings. The summed E-state index contributed by atoms with van der Waals surface area (Å²) in [4.78, 5) is 13.9. The maximum absolute atomic E-state index is 12.4. The quantitative estimate of drug-likeness (QED) is 0.793. The van der Waals surface area contributed by atoms with E-state index >= 15 is 0 Å². The third kappa shape index (κ3) is 3.37. The van der Waals surface area contributed by atoms with Gasteiger partial charge in [-0.1, -0.05) is 23.2 Å². The second-order valence-electron chi connectivity index (χ2n) is 4.66. The van der Waals surface area contributed by atoms with Crippen molar-refractivity contribution in [3.05, 3.63) is 27.7 Å². The summed E-state index contributed by atoms with van der Waals surface area (Å²) in [6, 6.07) is 2.92. The Kier molecular flexibility index (Phi) is 4.46. The Morgan fingerprint density at radius 3 is 2.60 bits per heavy atom. The van der Waals surface area contributed by atoms with Crippen LogP contribution in [0.1, 0.15) is 16.8 Å². The standard InChI is InChI=1S/C12H14Cl2N2O3S/c13-10-7-8(15)6-9(11(10)14)12(17)16-2-1-4-20(18,19)5-3-16/h6-7H,1-5,15H2. The molecule has 1 saturated heterocycles. The van der Waals surface area contributed by atoms with Crippen molar-refractivity contribution in [2.75, 3.05) is 30.3 Å². The molecule has 0 radical (unpaired) electrons. The first-order chi connectivity index (χ1) is 9.30. The number of amides is 1. The molecule has 5 nitrogen and oxygen atoms in total. The van der Waals surface area contributed by atoms with Crippen molar-refractivity contribution in [1.82, 2.24) is 4.90 Å². The fraction of sp³-hybridized carbons (Fsp3) is 0.417. The number of nitrogens with two attached hydrogens (primary N) is 1. The summed E-state index contributed by atoms with van der Waals surface area (Å²) in [5, 5.41) is 0.343. The number of hydrogen-bond donors (Lipinski definition) is 1. The summed E-state index contributed by atoms with van der Waals surface area (Å²) in [6.07, 6.45) is 0.418. The fourth-order valence-electron chi connectivity index (χ4n) is 2.08. The van der Waals surface area contributed by atoms with Crippen LogP contribution < -0.4 is 5.73 Å². The van der Waals surface area contributed by atoms with Gasteiger partial charge in [0.05, 0.1) is 27.1 Å². The molecule has 1 aliphatic heterocycles. The van der Waals surface area contributed by atoms with Gasteiger partial charge in [-0.2, -0.15) is 0 Å². The highest BCUT2D eigenvalue weighted by atomic mass is 35.5. The predicted octanol–water partition coefficient (Wildman–Crippen LogP) is 1.84. The molecule has 1 amide bonds. The van der Waals surface area contributed by atoms with E-state index in [1.54, 1.807) is 0 Å². The van der Waals surface area contributed by atoms with E-state index in [2.05, 4.69) is 0 Å². The zero-order chi connectivity index (χ0) is 14.9. The number of carbonyl (C=O) groups excluding carboxylic acids is 1. The van der Waals surface area contributed by atoms with Gasteiger partial charge in [0, 0.05) is 18.8 Å². The molecule has 0 aliphatic carbocycles. The number of rotatable bonds is 1. The number of sulfone groups is 1. The van der Waals surface area contributed by atoms with Gasteiger partial charge in [0.15, 0.2) is 9.84 Å². The van der Waals surface area contributed by atoms with Crippen LogP contribution in [-0.4, -0.2) is 43.8 Å². The highest BCUT2D eigenvalue weighted by molar-refractivity contribution is 7.91. The monoisotopic (exact) mass is 336 g/mol. The molecular formula is C12H14Cl2N2O3S. The van der Waals surface area contributed by atoms with Crippen LogP contribution in [-0.2, 0) is 9.84 Å². The van der Waals surface area contributed by atoms with Crippen molar-refractivity contribution in [3.63, 3.8) is 0 Å². The van der Waals surface area contributed by atoms with Gasteiger partial charge in [-0.25, -0.2) is 8.42 Å². The summed E-state index contributed by atoms with van der Waals surface area (Å²) in [7, 11) is -3.07. The molecule has 1 fully saturated rings. The first-order valence-corrected chi connectivity index (χ1v) is 8.62. The van der Waals surface area contributed by atoms with E-state index in [4.69, 9.17) is 28.9 Å². The van der Waals surface area contributed by atoms with Crippen LogP contribution in [0.4, 0.5) is 5.69 Å². The molecular weight excluding hydrogens is 323 g/mol. The number of nitrogen functional groups attached to an aromatic ring is 1. The molecule has 0 unspecified atom stereocenters. The molecule has 1 heterocycles. The lowest BCUT2D eigenvalue weighted by Crippen LogP contribution is -2.33. The largest absolute Gasteiger partial charge is 0.399 e. The third-order valence-corrected chi connectivity index (χ3v) is 5.64. The van der Waals surface area contributed by atoms with Crippen molar-refractivity contribution in [2.24, 2.45) is 0 Å². The minimum atomic E-state index is -3.07. The van der Waals surface area contributed by atoms with E-state index in [9.17, 15) is 13.2 Å². The van der Waals surface area contributed by atoms with Crippen LogP contribution in [0.15, 0.2) is 12.1 Å². The normalized spacial score (nSPS) is 18.6. The fourth-order valence-corrected chi connectivity index (χ4v) is 3.77. The van der Waals surface area contributed by atoms with Crippen LogP contribution in [0.25, 0.3) is 0 Å². The summed E-state index contributed by atoms with van der Waals surface area (Å²) >= 11 is 11.9. The third-order valence-electron chi connectivity index (χ3n) is 3.12. The second kappa shape index (κ2) is 5.79. The molecule has 0 bridgehead atoms. The Balaban J connectivity index is 2.28. The molecule has 0 aromatic heterocycles. The average Bonchev–Trinajstić information content (AvgIpc) is 2.54. The molecule has 0 spiro atoms. The van der Waals surface area contributed by atoms with Crippen LogP contribution in [0.5, 0.6) is 0 Å². The van der Waals surface area contributed by atoms with Crippen LogP contribution in [0, 0.1) is 0 Å². The van der Waals surface area contributed by atoms with E-state index in [1.807, 2.05) is 0 Å². The molecule has 0 saturated carbocycles. The number of anilines is 1. The van der Waals surface area contributed by atoms with Gasteiger partial charge in [-0.05, 0) is 18.6 Å². The van der Waals surface area contributed by atoms with Gasteiger partial charge in [0.1, 0.15) is 0 Å². The van der Waals surface area contributed by atoms with Crippen LogP contribution >= 0.6 is 23.2 Å². The predicted molar refractivity (Wildman–Crippen MR) is 80.0 cm³/mol. The molecule has 2 rings (SSSR count). The number of hydrogen-bond acceptors (Lipinski definition) is 4. The zero-order valence-electron chi connectivity index (χ0n) is 10.6. The van der Waals surface area contributed by atoms with E-state index in [0.29, 0.717) is 18.7 Å². The Morgan fingerprint density at radius 1 is 1.20 bits per heavy atom. The SMILES string of the molecule is Nc1cc(Cl)c(Cl)c(C(=O)N2CCCS(=O)(=O)CC2)c1. The molecule has 20 heavy (non-hydrogen) atoms. The smallest absolute Gasteiger partial charge is 0.255 e. The topological polar surface area (TPSA) is 80.5 Å². The lowest BCUT2D eigenvalue weighted by atomic mass is 10.1. The number of carbonyl (C=O) groups is 1. The molecule has 1 aromatic carbocycles. The van der Waals surface area contributed by atoms with E-state index in [1.165, 1.54) is 17.0 Å². The maximum Gasteiger partial charge on any atom is 0.255 e. The second-order valence-corrected chi connectivity index (χ2v) is 7.75. The highest BCUT2D eigenvalue weighted by Gasteiger charge is 2.25.